The molecule has 1 aliphatic rings. The predicted molar refractivity (Wildman–Crippen MR) is 105 cm³/mol. The van der Waals surface area contributed by atoms with Crippen molar-refractivity contribution in [3.8, 4) is 0 Å². The van der Waals surface area contributed by atoms with Gasteiger partial charge >= 0.3 is 16.4 Å². The second-order valence-corrected chi connectivity index (χ2v) is 8.02. The van der Waals surface area contributed by atoms with Crippen molar-refractivity contribution >= 4 is 67.9 Å². The van der Waals surface area contributed by atoms with Crippen LogP contribution < -0.4 is 16.4 Å². The third-order valence-corrected chi connectivity index (χ3v) is 5.56. The molecule has 1 aliphatic heterocycles. The molecule has 1 fully saturated rings. The van der Waals surface area contributed by atoms with Crippen LogP contribution in [0.2, 0.25) is 0 Å². The molecule has 0 radical (unpaired) electrons. The third-order valence-electron chi connectivity index (χ3n) is 3.61. The number of alkyl halides is 1. The molecule has 0 aliphatic carbocycles. The van der Waals surface area contributed by atoms with E-state index in [0.29, 0.717) is 0 Å². The minimum absolute atomic E-state index is 0.0245. The van der Waals surface area contributed by atoms with Gasteiger partial charge in [-0.25, -0.2) is 14.1 Å². The Hall–Kier alpha value is -3.02. The third kappa shape index (κ3) is 5.78. The fourth-order valence-corrected chi connectivity index (χ4v) is 4.03. The lowest BCUT2D eigenvalue weighted by atomic mass is 9.99. The molecule has 18 heteroatoms. The maximum absolute atomic E-state index is 12.6. The fraction of sp³-hybridized carbons (Fsp3) is 0.385. The first kappa shape index (κ1) is 24.3. The molecule has 170 valence electrons. The molecule has 0 aromatic carbocycles. The van der Waals surface area contributed by atoms with Crippen molar-refractivity contribution in [1.82, 2.24) is 14.6 Å². The number of hydrogen-bond acceptors (Lipinski definition) is 11. The number of oxime groups is 1. The van der Waals surface area contributed by atoms with Crippen LogP contribution in [-0.4, -0.2) is 83.5 Å². The lowest BCUT2D eigenvalue weighted by molar-refractivity contribution is -0.146. The van der Waals surface area contributed by atoms with Crippen LogP contribution in [0.25, 0.3) is 0 Å². The van der Waals surface area contributed by atoms with E-state index in [2.05, 4.69) is 30.3 Å². The normalized spacial score (nSPS) is 18.7. The molecule has 15 nitrogen and oxygen atoms in total. The highest BCUT2D eigenvalue weighted by Crippen LogP contribution is 2.24. The number of carbonyl (C=O) groups excluding carboxylic acids is 4. The number of β-lactam (4-membered cyclic amide) rings is 1. The summed E-state index contributed by atoms with van der Waals surface area (Å²) >= 11 is 6.33. The monoisotopic (exact) mass is 498 g/mol. The van der Waals surface area contributed by atoms with Crippen LogP contribution in [0.3, 0.4) is 0 Å². The van der Waals surface area contributed by atoms with Crippen molar-refractivity contribution < 1.29 is 41.7 Å². The Morgan fingerprint density at radius 1 is 1.45 bits per heavy atom. The number of amides is 4. The average molecular weight is 499 g/mol. The highest BCUT2D eigenvalue weighted by Gasteiger charge is 2.54. The second kappa shape index (κ2) is 9.86. The fourth-order valence-electron chi connectivity index (χ4n) is 2.39. The van der Waals surface area contributed by atoms with Crippen molar-refractivity contribution in [3.63, 3.8) is 0 Å². The Labute approximate surface area is 183 Å². The minimum atomic E-state index is -4.99. The summed E-state index contributed by atoms with van der Waals surface area (Å²) in [7, 11) is -3.86. The first-order chi connectivity index (χ1) is 14.5. The summed E-state index contributed by atoms with van der Waals surface area (Å²) in [5, 5.41) is 9.53. The number of aromatic nitrogens is 1. The van der Waals surface area contributed by atoms with E-state index in [1.807, 2.05) is 0 Å². The summed E-state index contributed by atoms with van der Waals surface area (Å²) in [5.74, 6) is -3.07. The van der Waals surface area contributed by atoms with Gasteiger partial charge in [-0.05, 0) is 0 Å². The number of rotatable bonds is 9. The van der Waals surface area contributed by atoms with Gasteiger partial charge in [0.05, 0.1) is 0 Å². The Bertz CT molecular complexity index is 1030. The summed E-state index contributed by atoms with van der Waals surface area (Å²) in [6.45, 7) is -0.728. The van der Waals surface area contributed by atoms with Crippen molar-refractivity contribution in [1.29, 1.82) is 0 Å². The molecule has 1 saturated heterocycles. The lowest BCUT2D eigenvalue weighted by Gasteiger charge is -2.43. The van der Waals surface area contributed by atoms with Gasteiger partial charge < -0.3 is 25.9 Å². The largest absolute Gasteiger partial charge is 0.447 e. The number of ether oxygens (including phenoxy) is 1. The summed E-state index contributed by atoms with van der Waals surface area (Å²) in [6.07, 6.45) is -1.27. The highest BCUT2D eigenvalue weighted by molar-refractivity contribution is 7.84. The van der Waals surface area contributed by atoms with Crippen LogP contribution in [-0.2, 0) is 34.3 Å². The minimum Gasteiger partial charge on any atom is -0.447 e. The summed E-state index contributed by atoms with van der Waals surface area (Å²) in [6, 6.07) is -2.97. The number of primary amides is 1. The van der Waals surface area contributed by atoms with Gasteiger partial charge in [-0.15, -0.1) is 22.9 Å². The van der Waals surface area contributed by atoms with E-state index in [-0.39, 0.29) is 21.0 Å². The molecule has 0 saturated carbocycles. The quantitative estimate of drug-likeness (QED) is 0.0989. The summed E-state index contributed by atoms with van der Waals surface area (Å²) in [4.78, 5) is 55.5. The number of nitrogens with one attached hydrogen (secondary N) is 2. The van der Waals surface area contributed by atoms with Gasteiger partial charge in [-0.2, -0.15) is 8.42 Å². The zero-order valence-electron chi connectivity index (χ0n) is 15.5. The lowest BCUT2D eigenvalue weighted by Crippen LogP contribution is -2.73. The molecule has 5 N–H and O–H groups in total. The molecule has 1 aromatic rings. The number of halogens is 1. The van der Waals surface area contributed by atoms with Gasteiger partial charge in [0, 0.05) is 5.38 Å². The zero-order chi connectivity index (χ0) is 23.3. The molecule has 0 bridgehead atoms. The van der Waals surface area contributed by atoms with Crippen LogP contribution in [0.1, 0.15) is 5.69 Å². The van der Waals surface area contributed by atoms with E-state index in [4.69, 9.17) is 21.9 Å². The Balaban J connectivity index is 2.21. The van der Waals surface area contributed by atoms with Crippen LogP contribution in [0, 0.1) is 0 Å². The van der Waals surface area contributed by atoms with Gasteiger partial charge in [0.15, 0.2) is 10.8 Å². The Morgan fingerprint density at radius 2 is 2.13 bits per heavy atom. The van der Waals surface area contributed by atoms with E-state index in [1.165, 1.54) is 5.38 Å². The highest BCUT2D eigenvalue weighted by atomic mass is 35.5. The maximum Gasteiger partial charge on any atom is 0.404 e. The van der Waals surface area contributed by atoms with Crippen LogP contribution in [0.15, 0.2) is 10.5 Å². The van der Waals surface area contributed by atoms with Crippen LogP contribution in [0.5, 0.6) is 0 Å². The molecule has 4 amide bonds. The molecule has 31 heavy (non-hydrogen) atoms. The van der Waals surface area contributed by atoms with Crippen molar-refractivity contribution in [2.45, 2.75) is 12.1 Å². The molecule has 2 atom stereocenters. The van der Waals surface area contributed by atoms with E-state index >= 15 is 0 Å². The predicted octanol–water partition coefficient (Wildman–Crippen LogP) is -1.74. The first-order valence-electron chi connectivity index (χ1n) is 7.96. The number of hydrogen-bond donors (Lipinski definition) is 4. The number of nitrogens with zero attached hydrogens (tertiary/aromatic N) is 3. The van der Waals surface area contributed by atoms with E-state index < -0.39 is 58.5 Å². The van der Waals surface area contributed by atoms with Gasteiger partial charge in [0.25, 0.3) is 11.8 Å². The zero-order valence-corrected chi connectivity index (χ0v) is 17.9. The number of nitrogens with two attached hydrogens (primary N) is 1. The molecule has 2 heterocycles. The van der Waals surface area contributed by atoms with E-state index in [0.717, 1.165) is 18.4 Å². The smallest absolute Gasteiger partial charge is 0.404 e. The van der Waals surface area contributed by atoms with Crippen molar-refractivity contribution in [2.24, 2.45) is 10.9 Å². The topological polar surface area (TPSA) is 220 Å². The molecule has 0 unspecified atom stereocenters. The number of anilines is 1. The number of carbonyl (C=O) groups is 4. The average Bonchev–Trinajstić information content (AvgIpc) is 3.13. The van der Waals surface area contributed by atoms with Gasteiger partial charge in [0.1, 0.15) is 37.4 Å². The number of thiazole rings is 1. The Kier molecular flexibility index (Phi) is 7.71. The second-order valence-electron chi connectivity index (χ2n) is 5.60. The summed E-state index contributed by atoms with van der Waals surface area (Å²) in [5.41, 5.74) is 4.36. The molecular weight excluding hydrogens is 484 g/mol. The SMILES string of the molecule is CO/N=C(\C(=O)N[C@H]1C(=O)N(S(=O)(=O)O)[C@H]1COC(N)=O)c1csc(NC(=O)CCl)n1. The summed E-state index contributed by atoms with van der Waals surface area (Å²) < 4.78 is 36.4. The maximum atomic E-state index is 12.6. The molecule has 0 spiro atoms. The van der Waals surface area contributed by atoms with E-state index in [1.54, 1.807) is 0 Å². The van der Waals surface area contributed by atoms with E-state index in [9.17, 15) is 27.6 Å². The van der Waals surface area contributed by atoms with Gasteiger partial charge in [0.2, 0.25) is 5.91 Å². The molecule has 1 aromatic heterocycles. The van der Waals surface area contributed by atoms with Crippen LogP contribution in [0.4, 0.5) is 9.93 Å². The van der Waals surface area contributed by atoms with Crippen molar-refractivity contribution in [3.05, 3.63) is 11.1 Å². The standard InChI is InChI=1S/C13H15ClN6O9S2/c1-28-19-8(5-4-30-13(16-5)17-7(21)2-14)10(22)18-9-6(3-29-12(15)24)20(11(9)23)31(25,26)27/h4,6,9H,2-3H2,1H3,(H2,15,24)(H,18,22)(H,16,17,21)(H,25,26,27)/b19-8-/t6-,9+/m0/s1. The Morgan fingerprint density at radius 3 is 2.68 bits per heavy atom. The van der Waals surface area contributed by atoms with Gasteiger partial charge in [-0.3, -0.25) is 18.9 Å². The molecule has 2 rings (SSSR count). The van der Waals surface area contributed by atoms with Crippen molar-refractivity contribution in [2.75, 3.05) is 24.9 Å². The van der Waals surface area contributed by atoms with Crippen LogP contribution >= 0.6 is 22.9 Å². The van der Waals surface area contributed by atoms with Gasteiger partial charge in [-0.1, -0.05) is 5.16 Å². The molecular formula is C13H15ClN6O9S2. The first-order valence-corrected chi connectivity index (χ1v) is 10.8.